The molecule has 0 saturated heterocycles. The molecule has 0 radical (unpaired) electrons. The summed E-state index contributed by atoms with van der Waals surface area (Å²) in [5, 5.41) is 27.8. The Morgan fingerprint density at radius 2 is 1.84 bits per heavy atom. The van der Waals surface area contributed by atoms with Gasteiger partial charge in [-0.1, -0.05) is 0 Å². The Labute approximate surface area is 107 Å². The molecule has 0 aromatic carbocycles. The first-order valence-corrected chi connectivity index (χ1v) is 5.01. The number of nitrogens with zero attached hydrogens (tertiary/aromatic N) is 4. The smallest absolute Gasteiger partial charge is 0.306 e. The Hall–Kier alpha value is -3.17. The molecule has 3 aromatic rings. The van der Waals surface area contributed by atoms with Gasteiger partial charge in [-0.3, -0.25) is 25.4 Å². The van der Waals surface area contributed by atoms with Gasteiger partial charge in [0.05, 0.1) is 23.0 Å². The molecule has 0 atom stereocenters. The van der Waals surface area contributed by atoms with Gasteiger partial charge in [0.1, 0.15) is 6.20 Å². The monoisotopic (exact) mass is 264 g/mol. The summed E-state index contributed by atoms with van der Waals surface area (Å²) in [5.41, 5.74) is 5.85. The van der Waals surface area contributed by atoms with Gasteiger partial charge in [0.15, 0.2) is 0 Å². The number of hydrogen-bond acceptors (Lipinski definition) is 6. The molecule has 0 spiro atoms. The largest absolute Gasteiger partial charge is 0.396 e. The molecule has 3 heterocycles. The third-order valence-electron chi connectivity index (χ3n) is 1.62. The molecule has 0 aliphatic heterocycles. The van der Waals surface area contributed by atoms with Crippen LogP contribution in [0.5, 0.6) is 0 Å². The van der Waals surface area contributed by atoms with E-state index in [0.717, 1.165) is 6.20 Å². The molecule has 5 N–H and O–H groups in total. The second-order valence-electron chi connectivity index (χ2n) is 3.01. The molecule has 19 heavy (non-hydrogen) atoms. The van der Waals surface area contributed by atoms with E-state index in [1.165, 1.54) is 6.20 Å². The molecule has 3 aromatic heterocycles. The summed E-state index contributed by atoms with van der Waals surface area (Å²) in [4.78, 5) is 9.30. The van der Waals surface area contributed by atoms with E-state index in [4.69, 9.17) is 5.73 Å². The lowest BCUT2D eigenvalue weighted by molar-refractivity contribution is -0.384. The first-order valence-electron chi connectivity index (χ1n) is 5.01. The second kappa shape index (κ2) is 8.00. The number of nitrogen functional groups attached to an aromatic ring is 1. The van der Waals surface area contributed by atoms with Crippen LogP contribution in [0.3, 0.4) is 0 Å². The van der Waals surface area contributed by atoms with E-state index < -0.39 is 4.92 Å². The van der Waals surface area contributed by atoms with Crippen molar-refractivity contribution in [2.75, 3.05) is 5.73 Å². The maximum atomic E-state index is 9.81. The molecule has 0 saturated carbocycles. The van der Waals surface area contributed by atoms with Crippen LogP contribution in [-0.4, -0.2) is 35.5 Å². The highest BCUT2D eigenvalue weighted by molar-refractivity contribution is 5.29. The quantitative estimate of drug-likeness (QED) is 0.375. The van der Waals surface area contributed by atoms with Gasteiger partial charge in [0.2, 0.25) is 0 Å². The van der Waals surface area contributed by atoms with Gasteiger partial charge in [0.25, 0.3) is 0 Å². The summed E-state index contributed by atoms with van der Waals surface area (Å²) in [7, 11) is 0. The predicted octanol–water partition coefficient (Wildman–Crippen LogP) is 0.719. The van der Waals surface area contributed by atoms with E-state index in [2.05, 4.69) is 30.6 Å². The topological polar surface area (TPSA) is 155 Å². The van der Waals surface area contributed by atoms with E-state index in [1.807, 2.05) is 6.07 Å². The molecule has 10 heteroatoms. The normalized spacial score (nSPS) is 8.63. The first-order chi connectivity index (χ1) is 9.20. The minimum absolute atomic E-state index is 0.00926. The Morgan fingerprint density at radius 3 is 2.05 bits per heavy atom. The third kappa shape index (κ3) is 6.21. The highest BCUT2D eigenvalue weighted by atomic mass is 16.6. The SMILES string of the molecule is Nc1cn[nH]c1.O=[N+]([O-])c1cn[nH]c1.c1cn[nH]c1. The van der Waals surface area contributed by atoms with E-state index in [1.54, 1.807) is 24.8 Å². The van der Waals surface area contributed by atoms with Crippen molar-refractivity contribution in [1.29, 1.82) is 0 Å². The molecule has 100 valence electrons. The number of nitro groups is 1. The van der Waals surface area contributed by atoms with E-state index in [-0.39, 0.29) is 5.69 Å². The zero-order chi connectivity index (χ0) is 13.9. The van der Waals surface area contributed by atoms with Crippen LogP contribution >= 0.6 is 0 Å². The number of H-pyrrole nitrogens is 3. The zero-order valence-electron chi connectivity index (χ0n) is 9.72. The van der Waals surface area contributed by atoms with Gasteiger partial charge in [-0.25, -0.2) is 0 Å². The maximum absolute atomic E-state index is 9.81. The van der Waals surface area contributed by atoms with Crippen LogP contribution in [0, 0.1) is 10.1 Å². The predicted molar refractivity (Wildman–Crippen MR) is 66.8 cm³/mol. The highest BCUT2D eigenvalue weighted by Crippen LogP contribution is 2.02. The van der Waals surface area contributed by atoms with Crippen molar-refractivity contribution >= 4 is 11.4 Å². The molecule has 0 amide bonds. The van der Waals surface area contributed by atoms with Crippen LogP contribution in [-0.2, 0) is 0 Å². The van der Waals surface area contributed by atoms with Crippen molar-refractivity contribution in [2.24, 2.45) is 0 Å². The van der Waals surface area contributed by atoms with Gasteiger partial charge in [-0.05, 0) is 6.07 Å². The number of anilines is 1. The average Bonchev–Trinajstić information content (AvgIpc) is 3.16. The molecule has 0 aliphatic carbocycles. The van der Waals surface area contributed by atoms with Crippen LogP contribution in [0.1, 0.15) is 0 Å². The molecular formula is C9H12N8O2. The highest BCUT2D eigenvalue weighted by Gasteiger charge is 2.02. The zero-order valence-corrected chi connectivity index (χ0v) is 9.72. The summed E-state index contributed by atoms with van der Waals surface area (Å²) in [5.74, 6) is 0. The van der Waals surface area contributed by atoms with Gasteiger partial charge in [-0.2, -0.15) is 15.3 Å². The summed E-state index contributed by atoms with van der Waals surface area (Å²) in [6, 6.07) is 1.83. The maximum Gasteiger partial charge on any atom is 0.306 e. The van der Waals surface area contributed by atoms with Crippen LogP contribution in [0.25, 0.3) is 0 Å². The summed E-state index contributed by atoms with van der Waals surface area (Å²) in [6.07, 6.45) is 9.01. The molecule has 0 aliphatic rings. The van der Waals surface area contributed by atoms with Crippen LogP contribution in [0.2, 0.25) is 0 Å². The Kier molecular flexibility index (Phi) is 5.85. The molecule has 0 bridgehead atoms. The van der Waals surface area contributed by atoms with E-state index in [0.29, 0.717) is 5.69 Å². The van der Waals surface area contributed by atoms with Crippen molar-refractivity contribution < 1.29 is 4.92 Å². The fourth-order valence-corrected chi connectivity index (χ4v) is 0.820. The number of rotatable bonds is 1. The van der Waals surface area contributed by atoms with Crippen molar-refractivity contribution in [3.05, 3.63) is 53.4 Å². The molecule has 10 nitrogen and oxygen atoms in total. The van der Waals surface area contributed by atoms with Crippen molar-refractivity contribution in [3.63, 3.8) is 0 Å². The van der Waals surface area contributed by atoms with Gasteiger partial charge >= 0.3 is 5.69 Å². The van der Waals surface area contributed by atoms with Crippen molar-refractivity contribution in [3.8, 4) is 0 Å². The van der Waals surface area contributed by atoms with Gasteiger partial charge in [0, 0.05) is 18.6 Å². The fourth-order valence-electron chi connectivity index (χ4n) is 0.820. The van der Waals surface area contributed by atoms with Crippen LogP contribution in [0.15, 0.2) is 43.2 Å². The summed E-state index contributed by atoms with van der Waals surface area (Å²) < 4.78 is 0. The number of nitrogens with two attached hydrogens (primary N) is 1. The molecule has 3 rings (SSSR count). The van der Waals surface area contributed by atoms with Gasteiger partial charge < -0.3 is 5.73 Å². The molecule has 0 fully saturated rings. The van der Waals surface area contributed by atoms with Crippen LogP contribution < -0.4 is 5.73 Å². The number of aromatic amines is 3. The number of nitrogens with one attached hydrogen (secondary N) is 3. The lowest BCUT2D eigenvalue weighted by atomic mass is 10.6. The molecule has 0 unspecified atom stereocenters. The second-order valence-corrected chi connectivity index (χ2v) is 3.01. The minimum Gasteiger partial charge on any atom is -0.396 e. The van der Waals surface area contributed by atoms with Gasteiger partial charge in [-0.15, -0.1) is 0 Å². The standard InChI is InChI=1S/C3H3N3O2.C3H5N3.C3H4N2/c7-6(8)3-1-4-5-2-3;4-3-1-5-6-2-3;1-2-4-5-3-1/h1-2H,(H,4,5);1-2H,4H2,(H,5,6);1-3H,(H,4,5). The Balaban J connectivity index is 0.000000147. The molecular weight excluding hydrogens is 252 g/mol. The lowest BCUT2D eigenvalue weighted by Crippen LogP contribution is -1.82. The van der Waals surface area contributed by atoms with Crippen molar-refractivity contribution in [1.82, 2.24) is 30.6 Å². The third-order valence-corrected chi connectivity index (χ3v) is 1.62. The van der Waals surface area contributed by atoms with Crippen molar-refractivity contribution in [2.45, 2.75) is 0 Å². The summed E-state index contributed by atoms with van der Waals surface area (Å²) >= 11 is 0. The Morgan fingerprint density at radius 1 is 1.11 bits per heavy atom. The minimum atomic E-state index is -0.510. The van der Waals surface area contributed by atoms with E-state index in [9.17, 15) is 10.1 Å². The fraction of sp³-hybridized carbons (Fsp3) is 0. The lowest BCUT2D eigenvalue weighted by Gasteiger charge is -1.75. The first kappa shape index (κ1) is 13.9. The van der Waals surface area contributed by atoms with E-state index >= 15 is 0 Å². The summed E-state index contributed by atoms with van der Waals surface area (Å²) in [6.45, 7) is 0. The number of hydrogen-bond donors (Lipinski definition) is 4. The van der Waals surface area contributed by atoms with Crippen LogP contribution in [0.4, 0.5) is 11.4 Å². The Bertz CT molecular complexity index is 514. The number of aromatic nitrogens is 6. The average molecular weight is 264 g/mol.